The molecule has 1 aromatic carbocycles. The van der Waals surface area contributed by atoms with Crippen LogP contribution in [-0.2, 0) is 4.79 Å². The number of nitrogens with zero attached hydrogens (tertiary/aromatic N) is 1. The Morgan fingerprint density at radius 1 is 1.41 bits per heavy atom. The standard InChI is InChI=1S/C18H22FNO2/c1-14-8-11-20(13-16(14)9-12-21)10-2-3-18(22)15-4-6-17(19)7-5-15/h4-7,9,14,16H,2-3,8,10-11,13H2,1H3/t14-,16+/m1/s1. The van der Waals surface area contributed by atoms with Gasteiger partial charge in [0.15, 0.2) is 5.78 Å². The van der Waals surface area contributed by atoms with Crippen molar-refractivity contribution in [3.05, 3.63) is 41.7 Å². The molecule has 0 amide bonds. The van der Waals surface area contributed by atoms with Crippen LogP contribution in [0.3, 0.4) is 0 Å². The molecule has 118 valence electrons. The molecule has 0 spiro atoms. The van der Waals surface area contributed by atoms with Crippen LogP contribution in [0.2, 0.25) is 0 Å². The summed E-state index contributed by atoms with van der Waals surface area (Å²) >= 11 is 0. The fourth-order valence-electron chi connectivity index (χ4n) is 2.92. The molecular formula is C18H22FNO2. The number of halogens is 1. The summed E-state index contributed by atoms with van der Waals surface area (Å²) in [6, 6.07) is 5.70. The van der Waals surface area contributed by atoms with E-state index in [2.05, 4.69) is 11.8 Å². The van der Waals surface area contributed by atoms with E-state index in [9.17, 15) is 14.0 Å². The SMILES string of the molecule is C[C@@H]1CCN(CCCC(=O)c2ccc(F)cc2)C[C@@H]1C=C=O. The molecule has 1 heterocycles. The molecule has 0 unspecified atom stereocenters. The average Bonchev–Trinajstić information content (AvgIpc) is 2.51. The second-order valence-corrected chi connectivity index (χ2v) is 6.05. The van der Waals surface area contributed by atoms with Gasteiger partial charge in [0, 0.05) is 30.5 Å². The third-order valence-electron chi connectivity index (χ3n) is 4.43. The van der Waals surface area contributed by atoms with Gasteiger partial charge in [-0.15, -0.1) is 0 Å². The van der Waals surface area contributed by atoms with Crippen molar-refractivity contribution in [2.75, 3.05) is 19.6 Å². The lowest BCUT2D eigenvalue weighted by Crippen LogP contribution is -2.39. The van der Waals surface area contributed by atoms with Crippen molar-refractivity contribution in [3.8, 4) is 0 Å². The maximum absolute atomic E-state index is 12.8. The average molecular weight is 303 g/mol. The van der Waals surface area contributed by atoms with Crippen molar-refractivity contribution in [1.29, 1.82) is 0 Å². The molecule has 3 nitrogen and oxygen atoms in total. The molecule has 1 saturated heterocycles. The smallest absolute Gasteiger partial charge is 0.162 e. The van der Waals surface area contributed by atoms with Crippen LogP contribution >= 0.6 is 0 Å². The van der Waals surface area contributed by atoms with Gasteiger partial charge in [-0.3, -0.25) is 4.79 Å². The molecule has 0 radical (unpaired) electrons. The van der Waals surface area contributed by atoms with Gasteiger partial charge in [0.05, 0.1) is 0 Å². The third-order valence-corrected chi connectivity index (χ3v) is 4.43. The van der Waals surface area contributed by atoms with Gasteiger partial charge in [-0.25, -0.2) is 9.18 Å². The summed E-state index contributed by atoms with van der Waals surface area (Å²) in [4.78, 5) is 24.9. The number of carbonyl (C=O) groups is 1. The van der Waals surface area contributed by atoms with Crippen LogP contribution in [-0.4, -0.2) is 36.3 Å². The van der Waals surface area contributed by atoms with E-state index >= 15 is 0 Å². The first kappa shape index (κ1) is 16.6. The van der Waals surface area contributed by atoms with Crippen molar-refractivity contribution in [2.24, 2.45) is 11.8 Å². The lowest BCUT2D eigenvalue weighted by atomic mass is 9.87. The maximum Gasteiger partial charge on any atom is 0.162 e. The first-order valence-corrected chi connectivity index (χ1v) is 7.82. The van der Waals surface area contributed by atoms with Gasteiger partial charge in [-0.1, -0.05) is 6.92 Å². The lowest BCUT2D eigenvalue weighted by molar-refractivity contribution is 0.0966. The Morgan fingerprint density at radius 3 is 2.82 bits per heavy atom. The normalized spacial score (nSPS) is 22.1. The van der Waals surface area contributed by atoms with Gasteiger partial charge >= 0.3 is 0 Å². The molecule has 1 aromatic rings. The first-order valence-electron chi connectivity index (χ1n) is 7.82. The van der Waals surface area contributed by atoms with E-state index in [4.69, 9.17) is 0 Å². The van der Waals surface area contributed by atoms with E-state index in [0.717, 1.165) is 32.5 Å². The van der Waals surface area contributed by atoms with Gasteiger partial charge in [-0.05, 0) is 56.1 Å². The minimum absolute atomic E-state index is 0.0507. The number of piperidine rings is 1. The number of ketones is 1. The van der Waals surface area contributed by atoms with E-state index in [0.29, 0.717) is 17.9 Å². The second kappa shape index (κ2) is 8.02. The van der Waals surface area contributed by atoms with Crippen LogP contribution in [0.4, 0.5) is 4.39 Å². The quantitative estimate of drug-likeness (QED) is 0.598. The van der Waals surface area contributed by atoms with E-state index in [-0.39, 0.29) is 17.5 Å². The molecule has 4 heteroatoms. The predicted molar refractivity (Wildman–Crippen MR) is 83.9 cm³/mol. The number of hydrogen-bond acceptors (Lipinski definition) is 3. The number of rotatable bonds is 6. The zero-order valence-corrected chi connectivity index (χ0v) is 12.9. The first-order chi connectivity index (χ1) is 10.6. The molecule has 1 aliphatic rings. The van der Waals surface area contributed by atoms with Gasteiger partial charge in [0.2, 0.25) is 0 Å². The summed E-state index contributed by atoms with van der Waals surface area (Å²) in [7, 11) is 0. The molecule has 0 N–H and O–H groups in total. The Bertz CT molecular complexity index is 549. The summed E-state index contributed by atoms with van der Waals surface area (Å²) in [6.45, 7) is 4.88. The van der Waals surface area contributed by atoms with Crippen molar-refractivity contribution in [3.63, 3.8) is 0 Å². The van der Waals surface area contributed by atoms with E-state index in [1.165, 1.54) is 24.3 Å². The van der Waals surface area contributed by atoms with Crippen LogP contribution in [0.25, 0.3) is 0 Å². The number of hydrogen-bond donors (Lipinski definition) is 0. The van der Waals surface area contributed by atoms with Crippen molar-refractivity contribution in [1.82, 2.24) is 4.90 Å². The minimum Gasteiger partial charge on any atom is -0.303 e. The van der Waals surface area contributed by atoms with Gasteiger partial charge in [0.25, 0.3) is 0 Å². The Balaban J connectivity index is 1.77. The molecule has 0 aromatic heterocycles. The van der Waals surface area contributed by atoms with E-state index in [1.54, 1.807) is 6.08 Å². The highest BCUT2D eigenvalue weighted by Crippen LogP contribution is 2.23. The Morgan fingerprint density at radius 2 is 2.14 bits per heavy atom. The molecule has 1 aliphatic heterocycles. The molecule has 1 fully saturated rings. The molecule has 0 bridgehead atoms. The monoisotopic (exact) mass is 303 g/mol. The summed E-state index contributed by atoms with van der Waals surface area (Å²) in [5, 5.41) is 0. The highest BCUT2D eigenvalue weighted by atomic mass is 19.1. The zero-order valence-electron chi connectivity index (χ0n) is 12.9. The van der Waals surface area contributed by atoms with Crippen molar-refractivity contribution < 1.29 is 14.0 Å². The second-order valence-electron chi connectivity index (χ2n) is 6.05. The topological polar surface area (TPSA) is 37.4 Å². The van der Waals surface area contributed by atoms with Crippen LogP contribution in [0.5, 0.6) is 0 Å². The van der Waals surface area contributed by atoms with Gasteiger partial charge < -0.3 is 4.90 Å². The molecule has 22 heavy (non-hydrogen) atoms. The summed E-state index contributed by atoms with van der Waals surface area (Å²) in [6.07, 6.45) is 3.93. The largest absolute Gasteiger partial charge is 0.303 e. The Hall–Kier alpha value is -1.77. The van der Waals surface area contributed by atoms with E-state index < -0.39 is 0 Å². The summed E-state index contributed by atoms with van der Waals surface area (Å²) < 4.78 is 12.8. The third kappa shape index (κ3) is 4.62. The highest BCUT2D eigenvalue weighted by molar-refractivity contribution is 5.95. The summed E-state index contributed by atoms with van der Waals surface area (Å²) in [5.74, 6) is 2.40. The summed E-state index contributed by atoms with van der Waals surface area (Å²) in [5.41, 5.74) is 0.565. The van der Waals surface area contributed by atoms with Crippen LogP contribution in [0.15, 0.2) is 30.3 Å². The van der Waals surface area contributed by atoms with Gasteiger partial charge in [-0.2, -0.15) is 0 Å². The molecule has 2 rings (SSSR count). The fourth-order valence-corrected chi connectivity index (χ4v) is 2.92. The minimum atomic E-state index is -0.326. The van der Waals surface area contributed by atoms with Crippen molar-refractivity contribution in [2.45, 2.75) is 26.2 Å². The molecule has 2 atom stereocenters. The lowest BCUT2D eigenvalue weighted by Gasteiger charge is -2.35. The Labute approximate surface area is 130 Å². The fraction of sp³-hybridized carbons (Fsp3) is 0.500. The van der Waals surface area contributed by atoms with Crippen molar-refractivity contribution >= 4 is 11.7 Å². The van der Waals surface area contributed by atoms with Crippen LogP contribution in [0.1, 0.15) is 36.5 Å². The molecule has 0 aliphatic carbocycles. The van der Waals surface area contributed by atoms with E-state index in [1.807, 2.05) is 5.94 Å². The number of Topliss-reactive ketones (excluding diaryl/α,β-unsaturated/α-hetero) is 1. The van der Waals surface area contributed by atoms with Crippen LogP contribution < -0.4 is 0 Å². The maximum atomic E-state index is 12.8. The molecular weight excluding hydrogens is 281 g/mol. The van der Waals surface area contributed by atoms with Gasteiger partial charge in [0.1, 0.15) is 11.8 Å². The van der Waals surface area contributed by atoms with Crippen LogP contribution in [0, 0.1) is 17.7 Å². The highest BCUT2D eigenvalue weighted by Gasteiger charge is 2.24. The number of likely N-dealkylation sites (tertiary alicyclic amines) is 1. The zero-order chi connectivity index (χ0) is 15.9. The predicted octanol–water partition coefficient (Wildman–Crippen LogP) is 3.13. The Kier molecular flexibility index (Phi) is 6.05. The number of benzene rings is 1. The molecule has 0 saturated carbocycles. The number of carbonyl (C=O) groups excluding carboxylic acids is 2.